The van der Waals surface area contributed by atoms with Gasteiger partial charge in [-0.15, -0.1) is 0 Å². The summed E-state index contributed by atoms with van der Waals surface area (Å²) in [6.07, 6.45) is 4.19. The van der Waals surface area contributed by atoms with E-state index in [0.29, 0.717) is 6.04 Å². The Hall–Kier alpha value is -0.730. The smallest absolute Gasteiger partial charge is 0.190 e. The number of hydrogen-bond acceptors (Lipinski definition) is 1. The molecule has 2 fully saturated rings. The van der Waals surface area contributed by atoms with Crippen LogP contribution >= 0.6 is 0 Å². The summed E-state index contributed by atoms with van der Waals surface area (Å²) in [4.78, 5) is 4.10. The second-order valence-electron chi connectivity index (χ2n) is 3.89. The fourth-order valence-electron chi connectivity index (χ4n) is 2.27. The first-order chi connectivity index (χ1) is 5.83. The second kappa shape index (κ2) is 2.96. The molecule has 3 nitrogen and oxygen atoms in total. The Bertz CT molecular complexity index is 190. The zero-order valence-corrected chi connectivity index (χ0v) is 7.80. The minimum Gasteiger partial charge on any atom is -0.359 e. The van der Waals surface area contributed by atoms with Crippen molar-refractivity contribution in [2.75, 3.05) is 14.1 Å². The van der Waals surface area contributed by atoms with Gasteiger partial charge < -0.3 is 10.6 Å². The van der Waals surface area contributed by atoms with Gasteiger partial charge in [0.1, 0.15) is 0 Å². The quantitative estimate of drug-likeness (QED) is 0.443. The molecular formula is C9H17N3. The molecule has 0 amide bonds. The maximum Gasteiger partial charge on any atom is 0.190 e. The number of nitrogens with zero attached hydrogens (tertiary/aromatic N) is 1. The van der Waals surface area contributed by atoms with E-state index in [9.17, 15) is 0 Å². The molecule has 3 heteroatoms. The van der Waals surface area contributed by atoms with Gasteiger partial charge in [0, 0.05) is 20.1 Å². The third kappa shape index (κ3) is 1.40. The van der Waals surface area contributed by atoms with Crippen molar-refractivity contribution in [3.8, 4) is 0 Å². The first-order valence-corrected chi connectivity index (χ1v) is 4.74. The van der Waals surface area contributed by atoms with E-state index < -0.39 is 0 Å². The maximum atomic E-state index is 4.10. The summed E-state index contributed by atoms with van der Waals surface area (Å²) in [6, 6.07) is 0.680. The summed E-state index contributed by atoms with van der Waals surface area (Å²) < 4.78 is 0. The number of aliphatic imine (C=N–C) groups is 1. The van der Waals surface area contributed by atoms with Crippen LogP contribution in [0.4, 0.5) is 0 Å². The molecule has 0 aromatic rings. The SMILES string of the molecule is CN=C(NC)NC1CC2CC2C1. The van der Waals surface area contributed by atoms with Crippen LogP contribution < -0.4 is 10.6 Å². The fraction of sp³-hybridized carbons (Fsp3) is 0.889. The molecule has 2 N–H and O–H groups in total. The summed E-state index contributed by atoms with van der Waals surface area (Å²) in [7, 11) is 3.72. The molecule has 2 atom stereocenters. The van der Waals surface area contributed by atoms with Crippen LogP contribution in [-0.4, -0.2) is 26.1 Å². The summed E-state index contributed by atoms with van der Waals surface area (Å²) in [5.41, 5.74) is 0. The van der Waals surface area contributed by atoms with Crippen LogP contribution in [0.2, 0.25) is 0 Å². The van der Waals surface area contributed by atoms with Crippen molar-refractivity contribution in [2.45, 2.75) is 25.3 Å². The third-order valence-corrected chi connectivity index (χ3v) is 3.04. The Morgan fingerprint density at radius 1 is 1.25 bits per heavy atom. The van der Waals surface area contributed by atoms with Gasteiger partial charge in [-0.25, -0.2) is 0 Å². The molecule has 2 unspecified atom stereocenters. The first-order valence-electron chi connectivity index (χ1n) is 4.74. The van der Waals surface area contributed by atoms with Crippen molar-refractivity contribution in [1.82, 2.24) is 10.6 Å². The lowest BCUT2D eigenvalue weighted by Gasteiger charge is -2.16. The van der Waals surface area contributed by atoms with Crippen molar-refractivity contribution >= 4 is 5.96 Å². The largest absolute Gasteiger partial charge is 0.359 e. The molecule has 0 aliphatic heterocycles. The number of hydrogen-bond donors (Lipinski definition) is 2. The molecule has 2 aliphatic carbocycles. The average Bonchev–Trinajstić information content (AvgIpc) is 2.70. The number of guanidine groups is 1. The average molecular weight is 167 g/mol. The highest BCUT2D eigenvalue weighted by atomic mass is 15.2. The van der Waals surface area contributed by atoms with Crippen molar-refractivity contribution in [3.05, 3.63) is 0 Å². The fourth-order valence-corrected chi connectivity index (χ4v) is 2.27. The number of nitrogens with one attached hydrogen (secondary N) is 2. The predicted molar refractivity (Wildman–Crippen MR) is 50.2 cm³/mol. The minimum atomic E-state index is 0.680. The summed E-state index contributed by atoms with van der Waals surface area (Å²) in [5, 5.41) is 6.46. The van der Waals surface area contributed by atoms with Gasteiger partial charge in [0.15, 0.2) is 5.96 Å². The molecule has 2 aliphatic rings. The van der Waals surface area contributed by atoms with E-state index in [4.69, 9.17) is 0 Å². The summed E-state index contributed by atoms with van der Waals surface area (Å²) >= 11 is 0. The lowest BCUT2D eigenvalue weighted by Crippen LogP contribution is -2.41. The molecule has 0 aromatic heterocycles. The molecule has 0 heterocycles. The Balaban J connectivity index is 1.79. The second-order valence-corrected chi connectivity index (χ2v) is 3.89. The molecule has 2 saturated carbocycles. The zero-order valence-electron chi connectivity index (χ0n) is 7.80. The van der Waals surface area contributed by atoms with E-state index in [1.807, 2.05) is 14.1 Å². The highest BCUT2D eigenvalue weighted by Crippen LogP contribution is 2.51. The van der Waals surface area contributed by atoms with Gasteiger partial charge in [-0.3, -0.25) is 4.99 Å². The van der Waals surface area contributed by atoms with E-state index in [-0.39, 0.29) is 0 Å². The monoisotopic (exact) mass is 167 g/mol. The van der Waals surface area contributed by atoms with Gasteiger partial charge in [-0.05, 0) is 31.1 Å². The van der Waals surface area contributed by atoms with Gasteiger partial charge in [0.25, 0.3) is 0 Å². The molecule has 0 radical (unpaired) electrons. The number of rotatable bonds is 1. The molecule has 0 bridgehead atoms. The van der Waals surface area contributed by atoms with Crippen LogP contribution in [0.1, 0.15) is 19.3 Å². The highest BCUT2D eigenvalue weighted by Gasteiger charge is 2.45. The standard InChI is InChI=1S/C9H17N3/c1-10-9(11-2)12-8-4-6-3-7(6)5-8/h6-8H,3-5H2,1-2H3,(H2,10,11,12). The Morgan fingerprint density at radius 3 is 2.42 bits per heavy atom. The summed E-state index contributed by atoms with van der Waals surface area (Å²) in [5.74, 6) is 3.01. The third-order valence-electron chi connectivity index (χ3n) is 3.04. The maximum absolute atomic E-state index is 4.10. The van der Waals surface area contributed by atoms with Crippen LogP contribution in [0.3, 0.4) is 0 Å². The van der Waals surface area contributed by atoms with E-state index in [2.05, 4.69) is 15.6 Å². The number of fused-ring (bicyclic) bond motifs is 1. The normalized spacial score (nSPS) is 39.2. The molecular weight excluding hydrogens is 150 g/mol. The van der Waals surface area contributed by atoms with Crippen LogP contribution in [0.25, 0.3) is 0 Å². The Morgan fingerprint density at radius 2 is 1.92 bits per heavy atom. The lowest BCUT2D eigenvalue weighted by molar-refractivity contribution is 0.554. The van der Waals surface area contributed by atoms with E-state index in [0.717, 1.165) is 17.8 Å². The molecule has 0 spiro atoms. The van der Waals surface area contributed by atoms with Gasteiger partial charge in [0.2, 0.25) is 0 Å². The van der Waals surface area contributed by atoms with Crippen LogP contribution in [0.15, 0.2) is 4.99 Å². The molecule has 12 heavy (non-hydrogen) atoms. The molecule has 68 valence electrons. The molecule has 2 rings (SSSR count). The van der Waals surface area contributed by atoms with Crippen molar-refractivity contribution in [3.63, 3.8) is 0 Å². The first kappa shape index (κ1) is 7.90. The van der Waals surface area contributed by atoms with Crippen molar-refractivity contribution < 1.29 is 0 Å². The van der Waals surface area contributed by atoms with Crippen LogP contribution in [0.5, 0.6) is 0 Å². The molecule has 0 saturated heterocycles. The molecule has 0 aromatic carbocycles. The predicted octanol–water partition coefficient (Wildman–Crippen LogP) is 0.580. The summed E-state index contributed by atoms with van der Waals surface area (Å²) in [6.45, 7) is 0. The Kier molecular flexibility index (Phi) is 1.95. The highest BCUT2D eigenvalue weighted by molar-refractivity contribution is 5.79. The van der Waals surface area contributed by atoms with Gasteiger partial charge >= 0.3 is 0 Å². The van der Waals surface area contributed by atoms with Gasteiger partial charge in [0.05, 0.1) is 0 Å². The van der Waals surface area contributed by atoms with Crippen molar-refractivity contribution in [2.24, 2.45) is 16.8 Å². The van der Waals surface area contributed by atoms with Gasteiger partial charge in [-0.2, -0.15) is 0 Å². The topological polar surface area (TPSA) is 36.4 Å². The van der Waals surface area contributed by atoms with Crippen LogP contribution in [-0.2, 0) is 0 Å². The van der Waals surface area contributed by atoms with Crippen LogP contribution in [0, 0.1) is 11.8 Å². The lowest BCUT2D eigenvalue weighted by atomic mass is 10.2. The van der Waals surface area contributed by atoms with E-state index in [1.165, 1.54) is 19.3 Å². The minimum absolute atomic E-state index is 0.680. The van der Waals surface area contributed by atoms with E-state index in [1.54, 1.807) is 0 Å². The van der Waals surface area contributed by atoms with Gasteiger partial charge in [-0.1, -0.05) is 0 Å². The van der Waals surface area contributed by atoms with E-state index >= 15 is 0 Å². The Labute approximate surface area is 73.6 Å². The zero-order chi connectivity index (χ0) is 8.55. The van der Waals surface area contributed by atoms with Crippen molar-refractivity contribution in [1.29, 1.82) is 0 Å².